The van der Waals surface area contributed by atoms with Crippen LogP contribution in [0, 0.1) is 0 Å². The summed E-state index contributed by atoms with van der Waals surface area (Å²) >= 11 is 0. The molecule has 13 heteroatoms. The van der Waals surface area contributed by atoms with Crippen LogP contribution in [0.3, 0.4) is 0 Å². The summed E-state index contributed by atoms with van der Waals surface area (Å²) in [4.78, 5) is 12.4. The van der Waals surface area contributed by atoms with E-state index in [1.165, 1.54) is 31.2 Å². The lowest BCUT2D eigenvalue weighted by atomic mass is 9.97. The number of ether oxygens (including phenoxy) is 4. The van der Waals surface area contributed by atoms with E-state index in [9.17, 15) is 45.6 Å². The van der Waals surface area contributed by atoms with E-state index in [2.05, 4.69) is 0 Å². The molecule has 0 amide bonds. The van der Waals surface area contributed by atoms with Gasteiger partial charge < -0.3 is 59.8 Å². The quantitative estimate of drug-likeness (QED) is 0.116. The van der Waals surface area contributed by atoms with Crippen LogP contribution in [-0.2, 0) is 23.7 Å². The first-order valence-electron chi connectivity index (χ1n) is 10.4. The van der Waals surface area contributed by atoms with E-state index in [1.807, 2.05) is 0 Å². The predicted octanol–water partition coefficient (Wildman–Crippen LogP) is -2.69. The van der Waals surface area contributed by atoms with E-state index in [0.29, 0.717) is 5.56 Å². The van der Waals surface area contributed by atoms with Gasteiger partial charge in [0.15, 0.2) is 30.2 Å². The number of carbonyl (C=O) groups is 1. The first-order chi connectivity index (χ1) is 16.0. The highest BCUT2D eigenvalue weighted by molar-refractivity contribution is 5.87. The first-order valence-corrected chi connectivity index (χ1v) is 10.4. The molecule has 2 aliphatic heterocycles. The SMILES string of the molecule is CC1OC(OC2C(O)C(O)OC(CO)C2OC(=O)C=Cc2ccc(O)c(O)c2)C(O)C(O)C1O. The van der Waals surface area contributed by atoms with Gasteiger partial charge in [-0.2, -0.15) is 0 Å². The van der Waals surface area contributed by atoms with Crippen LogP contribution in [0.1, 0.15) is 12.5 Å². The van der Waals surface area contributed by atoms with E-state index < -0.39 is 79.7 Å². The van der Waals surface area contributed by atoms with Crippen molar-refractivity contribution in [2.24, 2.45) is 0 Å². The summed E-state index contributed by atoms with van der Waals surface area (Å²) in [7, 11) is 0. The summed E-state index contributed by atoms with van der Waals surface area (Å²) in [5.41, 5.74) is 0.342. The first kappa shape index (κ1) is 26.3. The van der Waals surface area contributed by atoms with Crippen LogP contribution in [-0.4, -0.2) is 115 Å². The van der Waals surface area contributed by atoms with Gasteiger partial charge in [0.05, 0.1) is 12.7 Å². The van der Waals surface area contributed by atoms with Crippen LogP contribution in [0.2, 0.25) is 0 Å². The molecule has 8 N–H and O–H groups in total. The van der Waals surface area contributed by atoms with E-state index in [1.54, 1.807) is 0 Å². The Balaban J connectivity index is 1.77. The number of rotatable bonds is 6. The summed E-state index contributed by atoms with van der Waals surface area (Å²) < 4.78 is 21.3. The monoisotopic (exact) mass is 488 g/mol. The number of hydrogen-bond donors (Lipinski definition) is 8. The molecule has 34 heavy (non-hydrogen) atoms. The Morgan fingerprint density at radius 2 is 1.68 bits per heavy atom. The van der Waals surface area contributed by atoms with Crippen molar-refractivity contribution in [3.8, 4) is 11.5 Å². The normalized spacial score (nSPS) is 38.7. The minimum Gasteiger partial charge on any atom is -0.504 e. The fourth-order valence-corrected chi connectivity index (χ4v) is 3.62. The summed E-state index contributed by atoms with van der Waals surface area (Å²) in [6.45, 7) is 0.661. The van der Waals surface area contributed by atoms with Crippen LogP contribution >= 0.6 is 0 Å². The van der Waals surface area contributed by atoms with Crippen molar-refractivity contribution >= 4 is 12.0 Å². The van der Waals surface area contributed by atoms with Crippen LogP contribution < -0.4 is 0 Å². The third kappa shape index (κ3) is 5.66. The molecule has 0 aromatic heterocycles. The molecule has 1 aromatic carbocycles. The number of esters is 1. The van der Waals surface area contributed by atoms with E-state index in [4.69, 9.17) is 18.9 Å². The van der Waals surface area contributed by atoms with E-state index in [0.717, 1.165) is 6.08 Å². The molecule has 13 nitrogen and oxygen atoms in total. The standard InChI is InChI=1S/C21H28O13/c1-8-14(26)15(27)16(28)21(31-8)34-19-17(29)20(30)32-12(7-22)18(19)33-13(25)5-3-9-2-4-10(23)11(24)6-9/h2-6,8,12,14-24,26-30H,7H2,1H3. The lowest BCUT2D eigenvalue weighted by Crippen LogP contribution is -2.64. The van der Waals surface area contributed by atoms with Gasteiger partial charge in [-0.1, -0.05) is 6.07 Å². The highest BCUT2D eigenvalue weighted by Crippen LogP contribution is 2.30. The van der Waals surface area contributed by atoms with Crippen molar-refractivity contribution in [2.75, 3.05) is 6.61 Å². The zero-order chi connectivity index (χ0) is 25.2. The molecule has 0 radical (unpaired) electrons. The maximum Gasteiger partial charge on any atom is 0.331 e. The Bertz CT molecular complexity index is 876. The van der Waals surface area contributed by atoms with Crippen molar-refractivity contribution < 1.29 is 64.6 Å². The number of benzene rings is 1. The minimum absolute atomic E-state index is 0.342. The van der Waals surface area contributed by atoms with Crippen molar-refractivity contribution in [1.82, 2.24) is 0 Å². The molecule has 0 bridgehead atoms. The molecular formula is C21H28O13. The Hall–Kier alpha value is -2.33. The fraction of sp³-hybridized carbons (Fsp3) is 0.571. The molecule has 0 spiro atoms. The Kier molecular flexibility index (Phi) is 8.46. The zero-order valence-corrected chi connectivity index (χ0v) is 18.0. The summed E-state index contributed by atoms with van der Waals surface area (Å²) in [6.07, 6.45) is -13.2. The third-order valence-corrected chi connectivity index (χ3v) is 5.58. The van der Waals surface area contributed by atoms with E-state index >= 15 is 0 Å². The Morgan fingerprint density at radius 3 is 2.32 bits per heavy atom. The van der Waals surface area contributed by atoms with Gasteiger partial charge in [0.2, 0.25) is 0 Å². The lowest BCUT2D eigenvalue weighted by Gasteiger charge is -2.45. The summed E-state index contributed by atoms with van der Waals surface area (Å²) in [5, 5.41) is 79.0. The van der Waals surface area contributed by atoms with Gasteiger partial charge >= 0.3 is 5.97 Å². The molecule has 2 aliphatic rings. The van der Waals surface area contributed by atoms with Gasteiger partial charge in [-0.15, -0.1) is 0 Å². The Labute approximate surface area is 193 Å². The van der Waals surface area contributed by atoms with Gasteiger partial charge in [0, 0.05) is 6.08 Å². The van der Waals surface area contributed by atoms with Gasteiger partial charge in [0.1, 0.15) is 36.6 Å². The lowest BCUT2D eigenvalue weighted by molar-refractivity contribution is -0.352. The van der Waals surface area contributed by atoms with Crippen LogP contribution in [0.25, 0.3) is 6.08 Å². The average Bonchev–Trinajstić information content (AvgIpc) is 2.81. The Morgan fingerprint density at radius 1 is 0.971 bits per heavy atom. The maximum atomic E-state index is 12.4. The number of phenols is 2. The van der Waals surface area contributed by atoms with Crippen molar-refractivity contribution in [3.05, 3.63) is 29.8 Å². The summed E-state index contributed by atoms with van der Waals surface area (Å²) in [6, 6.07) is 3.81. The average molecular weight is 488 g/mol. The molecule has 2 saturated heterocycles. The molecule has 1 aromatic rings. The largest absolute Gasteiger partial charge is 0.504 e. The number of phenolic OH excluding ortho intramolecular Hbond substituents is 2. The number of aliphatic hydroxyl groups is 6. The number of hydrogen-bond acceptors (Lipinski definition) is 13. The molecule has 190 valence electrons. The second kappa shape index (κ2) is 10.9. The smallest absolute Gasteiger partial charge is 0.331 e. The minimum atomic E-state index is -1.85. The highest BCUT2D eigenvalue weighted by atomic mass is 16.7. The van der Waals surface area contributed by atoms with Crippen LogP contribution in [0.15, 0.2) is 24.3 Å². The van der Waals surface area contributed by atoms with Crippen molar-refractivity contribution in [2.45, 2.75) is 68.3 Å². The fourth-order valence-electron chi connectivity index (χ4n) is 3.62. The van der Waals surface area contributed by atoms with Gasteiger partial charge in [0.25, 0.3) is 0 Å². The molecule has 2 heterocycles. The molecule has 10 atom stereocenters. The van der Waals surface area contributed by atoms with E-state index in [-0.39, 0.29) is 5.75 Å². The van der Waals surface area contributed by atoms with Crippen LogP contribution in [0.4, 0.5) is 0 Å². The van der Waals surface area contributed by atoms with Gasteiger partial charge in [-0.25, -0.2) is 4.79 Å². The molecular weight excluding hydrogens is 460 g/mol. The molecule has 10 unspecified atom stereocenters. The second-order valence-electron chi connectivity index (χ2n) is 8.00. The third-order valence-electron chi connectivity index (χ3n) is 5.58. The maximum absolute atomic E-state index is 12.4. The van der Waals surface area contributed by atoms with Gasteiger partial charge in [-0.05, 0) is 30.7 Å². The molecule has 0 saturated carbocycles. The number of aliphatic hydroxyl groups excluding tert-OH is 6. The molecule has 0 aliphatic carbocycles. The highest BCUT2D eigenvalue weighted by Gasteiger charge is 2.51. The van der Waals surface area contributed by atoms with Crippen molar-refractivity contribution in [1.29, 1.82) is 0 Å². The number of carbonyl (C=O) groups excluding carboxylic acids is 1. The van der Waals surface area contributed by atoms with Gasteiger partial charge in [-0.3, -0.25) is 0 Å². The second-order valence-corrected chi connectivity index (χ2v) is 8.00. The summed E-state index contributed by atoms with van der Waals surface area (Å²) in [5.74, 6) is -1.74. The topological polar surface area (TPSA) is 216 Å². The van der Waals surface area contributed by atoms with Crippen molar-refractivity contribution in [3.63, 3.8) is 0 Å². The number of aromatic hydroxyl groups is 2. The zero-order valence-electron chi connectivity index (χ0n) is 18.0. The molecule has 2 fully saturated rings. The predicted molar refractivity (Wildman–Crippen MR) is 110 cm³/mol. The van der Waals surface area contributed by atoms with Crippen LogP contribution in [0.5, 0.6) is 11.5 Å². The molecule has 3 rings (SSSR count).